The second-order valence-electron chi connectivity index (χ2n) is 6.06. The SMILES string of the molecule is O=C1COc2cc(C(=O)Nc3ccc(Oc4ccccc4Cl)cc3)ccc2N1. The molecule has 28 heavy (non-hydrogen) atoms. The van der Waals surface area contributed by atoms with Gasteiger partial charge < -0.3 is 20.1 Å². The van der Waals surface area contributed by atoms with Gasteiger partial charge in [0.2, 0.25) is 0 Å². The number of nitrogens with one attached hydrogen (secondary N) is 2. The summed E-state index contributed by atoms with van der Waals surface area (Å²) in [5.74, 6) is 1.12. The number of hydrogen-bond acceptors (Lipinski definition) is 4. The molecule has 1 heterocycles. The molecule has 2 N–H and O–H groups in total. The van der Waals surface area contributed by atoms with Crippen LogP contribution in [0.2, 0.25) is 5.02 Å². The number of amides is 2. The third-order valence-electron chi connectivity index (χ3n) is 4.05. The number of hydrogen-bond donors (Lipinski definition) is 2. The third-order valence-corrected chi connectivity index (χ3v) is 4.37. The minimum Gasteiger partial charge on any atom is -0.482 e. The molecule has 0 saturated heterocycles. The highest BCUT2D eigenvalue weighted by atomic mass is 35.5. The highest BCUT2D eigenvalue weighted by Gasteiger charge is 2.18. The van der Waals surface area contributed by atoms with Gasteiger partial charge >= 0.3 is 0 Å². The van der Waals surface area contributed by atoms with Crippen molar-refractivity contribution in [1.82, 2.24) is 0 Å². The lowest BCUT2D eigenvalue weighted by Crippen LogP contribution is -2.25. The molecule has 3 aromatic rings. The third kappa shape index (κ3) is 3.92. The lowest BCUT2D eigenvalue weighted by atomic mass is 10.1. The normalized spacial score (nSPS) is 12.4. The summed E-state index contributed by atoms with van der Waals surface area (Å²) in [6.45, 7) is -0.0645. The molecule has 4 rings (SSSR count). The molecular weight excluding hydrogens is 380 g/mol. The predicted molar refractivity (Wildman–Crippen MR) is 106 cm³/mol. The summed E-state index contributed by atoms with van der Waals surface area (Å²) < 4.78 is 11.1. The fraction of sp³-hybridized carbons (Fsp3) is 0.0476. The Bertz CT molecular complexity index is 1050. The minimum atomic E-state index is -0.289. The Morgan fingerprint density at radius 1 is 1.07 bits per heavy atom. The maximum absolute atomic E-state index is 12.5. The highest BCUT2D eigenvalue weighted by molar-refractivity contribution is 6.32. The van der Waals surface area contributed by atoms with Crippen LogP contribution in [0.5, 0.6) is 17.2 Å². The molecule has 140 valence electrons. The first-order chi connectivity index (χ1) is 13.6. The van der Waals surface area contributed by atoms with Gasteiger partial charge in [-0.2, -0.15) is 0 Å². The molecule has 0 fully saturated rings. The van der Waals surface area contributed by atoms with Crippen LogP contribution in [0.15, 0.2) is 66.7 Å². The molecular formula is C21H15ClN2O4. The average molecular weight is 395 g/mol. The topological polar surface area (TPSA) is 76.7 Å². The predicted octanol–water partition coefficient (Wildman–Crippen LogP) is 4.72. The number of anilines is 2. The first-order valence-electron chi connectivity index (χ1n) is 8.49. The van der Waals surface area contributed by atoms with E-state index >= 15 is 0 Å². The van der Waals surface area contributed by atoms with Gasteiger partial charge in [0.25, 0.3) is 11.8 Å². The van der Waals surface area contributed by atoms with Gasteiger partial charge in [0.15, 0.2) is 6.61 Å². The van der Waals surface area contributed by atoms with Gasteiger partial charge in [-0.3, -0.25) is 9.59 Å². The lowest BCUT2D eigenvalue weighted by molar-refractivity contribution is -0.118. The Morgan fingerprint density at radius 2 is 1.86 bits per heavy atom. The van der Waals surface area contributed by atoms with E-state index in [1.807, 2.05) is 12.1 Å². The van der Waals surface area contributed by atoms with Crippen LogP contribution in [0.25, 0.3) is 0 Å². The number of rotatable bonds is 4. The molecule has 2 amide bonds. The molecule has 0 bridgehead atoms. The van der Waals surface area contributed by atoms with Gasteiger partial charge in [-0.1, -0.05) is 23.7 Å². The maximum Gasteiger partial charge on any atom is 0.262 e. The van der Waals surface area contributed by atoms with E-state index in [0.29, 0.717) is 39.2 Å². The number of fused-ring (bicyclic) bond motifs is 1. The van der Waals surface area contributed by atoms with Crippen LogP contribution in [0, 0.1) is 0 Å². The van der Waals surface area contributed by atoms with Gasteiger partial charge in [-0.05, 0) is 54.6 Å². The van der Waals surface area contributed by atoms with Crippen molar-refractivity contribution in [3.05, 3.63) is 77.3 Å². The van der Waals surface area contributed by atoms with E-state index in [0.717, 1.165) is 0 Å². The van der Waals surface area contributed by atoms with E-state index in [2.05, 4.69) is 10.6 Å². The Kier molecular flexibility index (Phi) is 4.87. The zero-order valence-corrected chi connectivity index (χ0v) is 15.3. The van der Waals surface area contributed by atoms with Crippen LogP contribution in [0.3, 0.4) is 0 Å². The molecule has 1 aliphatic heterocycles. The molecule has 6 nitrogen and oxygen atoms in total. The van der Waals surface area contributed by atoms with Gasteiger partial charge in [0.05, 0.1) is 10.7 Å². The summed E-state index contributed by atoms with van der Waals surface area (Å²) in [6, 6.07) is 19.0. The lowest BCUT2D eigenvalue weighted by Gasteiger charge is -2.18. The minimum absolute atomic E-state index is 0.0645. The molecule has 0 aliphatic carbocycles. The van der Waals surface area contributed by atoms with Crippen molar-refractivity contribution in [2.45, 2.75) is 0 Å². The van der Waals surface area contributed by atoms with E-state index in [9.17, 15) is 9.59 Å². The van der Waals surface area contributed by atoms with Crippen LogP contribution in [0.1, 0.15) is 10.4 Å². The van der Waals surface area contributed by atoms with E-state index in [1.165, 1.54) is 0 Å². The zero-order chi connectivity index (χ0) is 19.5. The standard InChI is InChI=1S/C21H15ClN2O4/c22-16-3-1-2-4-18(16)28-15-8-6-14(7-9-15)23-21(26)13-5-10-17-19(11-13)27-12-20(25)24-17/h1-11H,12H2,(H,23,26)(H,24,25). The molecule has 7 heteroatoms. The summed E-state index contributed by atoms with van der Waals surface area (Å²) in [5.41, 5.74) is 1.59. The Morgan fingerprint density at radius 3 is 2.64 bits per heavy atom. The molecule has 0 unspecified atom stereocenters. The second-order valence-corrected chi connectivity index (χ2v) is 6.47. The van der Waals surface area contributed by atoms with Crippen molar-refractivity contribution in [2.24, 2.45) is 0 Å². The van der Waals surface area contributed by atoms with Gasteiger partial charge in [0, 0.05) is 11.3 Å². The summed E-state index contributed by atoms with van der Waals surface area (Å²) in [5, 5.41) is 6.02. The van der Waals surface area contributed by atoms with Crippen LogP contribution in [-0.2, 0) is 4.79 Å². The smallest absolute Gasteiger partial charge is 0.262 e. The molecule has 0 aromatic heterocycles. The van der Waals surface area contributed by atoms with E-state index in [-0.39, 0.29) is 18.4 Å². The molecule has 3 aromatic carbocycles. The monoisotopic (exact) mass is 394 g/mol. The number of ether oxygens (including phenoxy) is 2. The van der Waals surface area contributed by atoms with Crippen LogP contribution >= 0.6 is 11.6 Å². The van der Waals surface area contributed by atoms with Crippen molar-refractivity contribution >= 4 is 34.8 Å². The molecule has 0 saturated carbocycles. The van der Waals surface area contributed by atoms with Crippen LogP contribution < -0.4 is 20.1 Å². The number of para-hydroxylation sites is 1. The maximum atomic E-state index is 12.5. The van der Waals surface area contributed by atoms with Gasteiger partial charge in [-0.15, -0.1) is 0 Å². The average Bonchev–Trinajstić information content (AvgIpc) is 2.70. The number of benzene rings is 3. The summed E-state index contributed by atoms with van der Waals surface area (Å²) in [6.07, 6.45) is 0. The Balaban J connectivity index is 1.44. The Hall–Kier alpha value is -3.51. The van der Waals surface area contributed by atoms with Crippen molar-refractivity contribution < 1.29 is 19.1 Å². The molecule has 1 aliphatic rings. The number of halogens is 1. The fourth-order valence-electron chi connectivity index (χ4n) is 2.68. The quantitative estimate of drug-likeness (QED) is 0.671. The van der Waals surface area contributed by atoms with E-state index in [1.54, 1.807) is 54.6 Å². The van der Waals surface area contributed by atoms with E-state index < -0.39 is 0 Å². The molecule has 0 radical (unpaired) electrons. The van der Waals surface area contributed by atoms with Crippen LogP contribution in [-0.4, -0.2) is 18.4 Å². The number of carbonyl (C=O) groups excluding carboxylic acids is 2. The van der Waals surface area contributed by atoms with E-state index in [4.69, 9.17) is 21.1 Å². The van der Waals surface area contributed by atoms with Crippen molar-refractivity contribution in [2.75, 3.05) is 17.2 Å². The van der Waals surface area contributed by atoms with Crippen molar-refractivity contribution in [3.63, 3.8) is 0 Å². The number of carbonyl (C=O) groups is 2. The first kappa shape index (κ1) is 17.9. The summed E-state index contributed by atoms with van der Waals surface area (Å²) in [7, 11) is 0. The summed E-state index contributed by atoms with van der Waals surface area (Å²) in [4.78, 5) is 23.8. The van der Waals surface area contributed by atoms with Crippen LogP contribution in [0.4, 0.5) is 11.4 Å². The second kappa shape index (κ2) is 7.62. The molecule has 0 atom stereocenters. The van der Waals surface area contributed by atoms with Crippen molar-refractivity contribution in [1.29, 1.82) is 0 Å². The zero-order valence-electron chi connectivity index (χ0n) is 14.6. The van der Waals surface area contributed by atoms with Crippen molar-refractivity contribution in [3.8, 4) is 17.2 Å². The fourth-order valence-corrected chi connectivity index (χ4v) is 2.85. The highest BCUT2D eigenvalue weighted by Crippen LogP contribution is 2.30. The Labute approximate surface area is 166 Å². The van der Waals surface area contributed by atoms with Gasteiger partial charge in [-0.25, -0.2) is 0 Å². The first-order valence-corrected chi connectivity index (χ1v) is 8.87. The largest absolute Gasteiger partial charge is 0.482 e. The van der Waals surface area contributed by atoms with Gasteiger partial charge in [0.1, 0.15) is 17.2 Å². The molecule has 0 spiro atoms. The summed E-state index contributed by atoms with van der Waals surface area (Å²) >= 11 is 6.09.